The number of alkyl halides is 3. The fraction of sp³-hybridized carbons (Fsp3) is 1.00. The van der Waals surface area contributed by atoms with Crippen molar-refractivity contribution in [2.75, 3.05) is 32.1 Å². The molecule has 0 spiro atoms. The number of nitrogens with one attached hydrogen (secondary N) is 1. The number of hydrogen-bond donors (Lipinski definition) is 1. The summed E-state index contributed by atoms with van der Waals surface area (Å²) in [7, 11) is 0. The summed E-state index contributed by atoms with van der Waals surface area (Å²) in [5, 5.41) is 2.89. The lowest BCUT2D eigenvalue weighted by atomic mass is 10.2. The van der Waals surface area contributed by atoms with Crippen LogP contribution in [0.25, 0.3) is 0 Å². The van der Waals surface area contributed by atoms with Crippen LogP contribution in [0.15, 0.2) is 0 Å². The largest absolute Gasteiger partial charge is 0.441 e. The van der Waals surface area contributed by atoms with Gasteiger partial charge in [-0.3, -0.25) is 0 Å². The van der Waals surface area contributed by atoms with Gasteiger partial charge in [0.05, 0.1) is 6.61 Å². The van der Waals surface area contributed by atoms with E-state index in [1.807, 2.05) is 13.8 Å². The zero-order valence-corrected chi connectivity index (χ0v) is 9.88. The number of thioether (sulfide) groups is 1. The van der Waals surface area contributed by atoms with Gasteiger partial charge in [0.1, 0.15) is 0 Å². The van der Waals surface area contributed by atoms with Gasteiger partial charge in [-0.15, -0.1) is 0 Å². The Hall–Kier alpha value is 0.0600. The van der Waals surface area contributed by atoms with Gasteiger partial charge in [-0.05, 0) is 17.7 Å². The van der Waals surface area contributed by atoms with Crippen LogP contribution in [0.1, 0.15) is 13.8 Å². The Bertz CT molecular complexity index is 153. The maximum absolute atomic E-state index is 11.7. The van der Waals surface area contributed by atoms with E-state index < -0.39 is 5.51 Å². The lowest BCUT2D eigenvalue weighted by Crippen LogP contribution is -2.23. The summed E-state index contributed by atoms with van der Waals surface area (Å²) in [4.78, 5) is 0. The molecule has 0 heterocycles. The van der Waals surface area contributed by atoms with E-state index in [0.717, 1.165) is 0 Å². The van der Waals surface area contributed by atoms with Gasteiger partial charge in [-0.1, -0.05) is 13.8 Å². The standard InChI is InChI=1S/C9H18F3NOS/c1-8(2)7-14-5-3-13-4-6-15-9(10,11)12/h8,13H,3-7H2,1-2H3. The molecule has 92 valence electrons. The van der Waals surface area contributed by atoms with E-state index >= 15 is 0 Å². The van der Waals surface area contributed by atoms with Crippen molar-refractivity contribution in [3.05, 3.63) is 0 Å². The topological polar surface area (TPSA) is 21.3 Å². The molecule has 0 aliphatic rings. The smallest absolute Gasteiger partial charge is 0.380 e. The summed E-state index contributed by atoms with van der Waals surface area (Å²) in [6, 6.07) is 0. The zero-order chi connectivity index (χ0) is 11.7. The van der Waals surface area contributed by atoms with Crippen molar-refractivity contribution < 1.29 is 17.9 Å². The van der Waals surface area contributed by atoms with Crippen LogP contribution in [0.3, 0.4) is 0 Å². The molecule has 0 radical (unpaired) electrons. The fourth-order valence-electron chi connectivity index (χ4n) is 0.827. The summed E-state index contributed by atoms with van der Waals surface area (Å²) in [5.41, 5.74) is -4.12. The Balaban J connectivity index is 3.06. The highest BCUT2D eigenvalue weighted by Crippen LogP contribution is 2.29. The average molecular weight is 245 g/mol. The molecule has 0 fully saturated rings. The number of hydrogen-bond acceptors (Lipinski definition) is 3. The molecular formula is C9H18F3NOS. The van der Waals surface area contributed by atoms with Gasteiger partial charge in [0, 0.05) is 25.4 Å². The SMILES string of the molecule is CC(C)COCCNCCSC(F)(F)F. The minimum Gasteiger partial charge on any atom is -0.380 e. The van der Waals surface area contributed by atoms with Crippen molar-refractivity contribution in [1.82, 2.24) is 5.32 Å². The zero-order valence-electron chi connectivity index (χ0n) is 9.06. The molecule has 1 N–H and O–H groups in total. The van der Waals surface area contributed by atoms with Crippen LogP contribution in [0.2, 0.25) is 0 Å². The van der Waals surface area contributed by atoms with Gasteiger partial charge in [0.2, 0.25) is 0 Å². The third-order valence-corrected chi connectivity index (χ3v) is 2.15. The Labute approximate surface area is 92.9 Å². The quantitative estimate of drug-likeness (QED) is 0.664. The Kier molecular flexibility index (Phi) is 8.27. The molecule has 0 saturated heterocycles. The molecular weight excluding hydrogens is 227 g/mol. The minimum atomic E-state index is -4.12. The fourth-order valence-corrected chi connectivity index (χ4v) is 1.31. The molecule has 0 amide bonds. The molecule has 0 aliphatic heterocycles. The molecule has 0 bridgehead atoms. The summed E-state index contributed by atoms with van der Waals surface area (Å²) >= 11 is -0.00106. The van der Waals surface area contributed by atoms with E-state index in [-0.39, 0.29) is 17.5 Å². The van der Waals surface area contributed by atoms with Crippen molar-refractivity contribution in [3.8, 4) is 0 Å². The van der Waals surface area contributed by atoms with E-state index in [4.69, 9.17) is 4.74 Å². The first-order valence-corrected chi connectivity index (χ1v) is 5.89. The Morgan fingerprint density at radius 3 is 2.47 bits per heavy atom. The van der Waals surface area contributed by atoms with E-state index in [1.165, 1.54) is 0 Å². The normalized spacial score (nSPS) is 12.4. The number of rotatable bonds is 8. The number of ether oxygens (including phenoxy) is 1. The molecule has 0 unspecified atom stereocenters. The van der Waals surface area contributed by atoms with Gasteiger partial charge >= 0.3 is 5.51 Å². The minimum absolute atomic E-state index is 0.00106. The van der Waals surface area contributed by atoms with Crippen LogP contribution in [-0.4, -0.2) is 37.6 Å². The van der Waals surface area contributed by atoms with Gasteiger partial charge < -0.3 is 10.1 Å². The molecule has 0 aromatic heterocycles. The van der Waals surface area contributed by atoms with Gasteiger partial charge in [-0.25, -0.2) is 0 Å². The van der Waals surface area contributed by atoms with Crippen molar-refractivity contribution in [1.29, 1.82) is 0 Å². The summed E-state index contributed by atoms with van der Waals surface area (Å²) in [6.45, 7) is 6.30. The highest BCUT2D eigenvalue weighted by atomic mass is 32.2. The van der Waals surface area contributed by atoms with Gasteiger partial charge in [0.15, 0.2) is 0 Å². The first-order chi connectivity index (χ1) is 6.92. The van der Waals surface area contributed by atoms with Crippen molar-refractivity contribution in [2.24, 2.45) is 5.92 Å². The van der Waals surface area contributed by atoms with Crippen LogP contribution in [-0.2, 0) is 4.74 Å². The van der Waals surface area contributed by atoms with Crippen LogP contribution in [0, 0.1) is 5.92 Å². The van der Waals surface area contributed by atoms with E-state index in [2.05, 4.69) is 5.32 Å². The highest BCUT2D eigenvalue weighted by molar-refractivity contribution is 8.00. The maximum Gasteiger partial charge on any atom is 0.441 e. The van der Waals surface area contributed by atoms with Crippen LogP contribution >= 0.6 is 11.8 Å². The second kappa shape index (κ2) is 8.24. The van der Waals surface area contributed by atoms with Crippen LogP contribution in [0.4, 0.5) is 13.2 Å². The molecule has 0 aromatic rings. The van der Waals surface area contributed by atoms with Crippen LogP contribution < -0.4 is 5.32 Å². The van der Waals surface area contributed by atoms with Gasteiger partial charge in [0.25, 0.3) is 0 Å². The highest BCUT2D eigenvalue weighted by Gasteiger charge is 2.27. The van der Waals surface area contributed by atoms with E-state index in [9.17, 15) is 13.2 Å². The molecule has 0 aromatic carbocycles. The third-order valence-electron chi connectivity index (χ3n) is 1.42. The maximum atomic E-state index is 11.7. The Morgan fingerprint density at radius 2 is 1.93 bits per heavy atom. The van der Waals surface area contributed by atoms with Crippen molar-refractivity contribution in [3.63, 3.8) is 0 Å². The van der Waals surface area contributed by atoms with Crippen molar-refractivity contribution in [2.45, 2.75) is 19.4 Å². The molecule has 0 rings (SSSR count). The predicted molar refractivity (Wildman–Crippen MR) is 57.0 cm³/mol. The second-order valence-corrected chi connectivity index (χ2v) is 4.67. The third kappa shape index (κ3) is 14.1. The summed E-state index contributed by atoms with van der Waals surface area (Å²) in [5.74, 6) is 0.541. The monoisotopic (exact) mass is 245 g/mol. The Morgan fingerprint density at radius 1 is 1.27 bits per heavy atom. The molecule has 15 heavy (non-hydrogen) atoms. The summed E-state index contributed by atoms with van der Waals surface area (Å²) in [6.07, 6.45) is 0. The molecule has 2 nitrogen and oxygen atoms in total. The molecule has 6 heteroatoms. The second-order valence-electron chi connectivity index (χ2n) is 3.51. The molecule has 0 saturated carbocycles. The molecule has 0 aliphatic carbocycles. The van der Waals surface area contributed by atoms with E-state index in [0.29, 0.717) is 32.2 Å². The lowest BCUT2D eigenvalue weighted by Gasteiger charge is -2.08. The van der Waals surface area contributed by atoms with Crippen molar-refractivity contribution >= 4 is 11.8 Å². The lowest BCUT2D eigenvalue weighted by molar-refractivity contribution is -0.0327. The molecule has 0 atom stereocenters. The average Bonchev–Trinajstić information content (AvgIpc) is 2.07. The van der Waals surface area contributed by atoms with Crippen LogP contribution in [0.5, 0.6) is 0 Å². The van der Waals surface area contributed by atoms with Gasteiger partial charge in [-0.2, -0.15) is 13.2 Å². The first kappa shape index (κ1) is 15.1. The summed E-state index contributed by atoms with van der Waals surface area (Å²) < 4.78 is 40.3. The predicted octanol–water partition coefficient (Wildman–Crippen LogP) is 2.50. The number of halogens is 3. The first-order valence-electron chi connectivity index (χ1n) is 4.91. The van der Waals surface area contributed by atoms with E-state index in [1.54, 1.807) is 0 Å².